The van der Waals surface area contributed by atoms with Crippen molar-refractivity contribution in [3.8, 4) is 11.5 Å². The number of rotatable bonds is 4. The smallest absolute Gasteiger partial charge is 0.379 e. The summed E-state index contributed by atoms with van der Waals surface area (Å²) in [7, 11) is 0. The second kappa shape index (κ2) is 8.03. The summed E-state index contributed by atoms with van der Waals surface area (Å²) in [5.41, 5.74) is 1.38. The van der Waals surface area contributed by atoms with Gasteiger partial charge in [0.2, 0.25) is 11.5 Å². The first kappa shape index (κ1) is 20.7. The van der Waals surface area contributed by atoms with Crippen molar-refractivity contribution in [1.29, 1.82) is 0 Å². The molecule has 5 rings (SSSR count). The molecule has 8 nitrogen and oxygen atoms in total. The number of halogens is 1. The molecule has 0 N–H and O–H groups in total. The number of nitro benzene ring substituents is 1. The van der Waals surface area contributed by atoms with E-state index in [9.17, 15) is 19.7 Å². The van der Waals surface area contributed by atoms with Gasteiger partial charge in [-0.15, -0.1) is 0 Å². The molecule has 2 heterocycles. The Bertz CT molecular complexity index is 1480. The van der Waals surface area contributed by atoms with Gasteiger partial charge in [-0.05, 0) is 60.2 Å². The molecule has 0 aliphatic carbocycles. The molecule has 9 heteroatoms. The predicted molar refractivity (Wildman–Crippen MR) is 121 cm³/mol. The minimum Gasteiger partial charge on any atom is -0.452 e. The number of carbonyl (C=O) groups is 2. The third-order valence-corrected chi connectivity index (χ3v) is 5.43. The monoisotopic (exact) mass is 505 g/mol. The van der Waals surface area contributed by atoms with Gasteiger partial charge in [-0.25, -0.2) is 4.79 Å². The molecule has 0 saturated carbocycles. The molecular weight excluding hydrogens is 494 g/mol. The van der Waals surface area contributed by atoms with Crippen LogP contribution < -0.4 is 9.47 Å². The second-order valence-corrected chi connectivity index (χ2v) is 8.04. The van der Waals surface area contributed by atoms with Crippen LogP contribution in [0.2, 0.25) is 0 Å². The van der Waals surface area contributed by atoms with Crippen LogP contribution in [0.5, 0.6) is 11.5 Å². The van der Waals surface area contributed by atoms with Crippen molar-refractivity contribution in [2.75, 3.05) is 0 Å². The molecule has 0 amide bonds. The first-order valence-corrected chi connectivity index (χ1v) is 10.4. The molecule has 0 radical (unpaired) electrons. The molecule has 0 atom stereocenters. The van der Waals surface area contributed by atoms with Gasteiger partial charge in [-0.2, -0.15) is 0 Å². The van der Waals surface area contributed by atoms with Crippen LogP contribution >= 0.6 is 15.9 Å². The molecule has 1 aliphatic heterocycles. The van der Waals surface area contributed by atoms with Gasteiger partial charge in [0, 0.05) is 28.1 Å². The largest absolute Gasteiger partial charge is 0.452 e. The van der Waals surface area contributed by atoms with Crippen molar-refractivity contribution in [3.63, 3.8) is 0 Å². The van der Waals surface area contributed by atoms with Crippen LogP contribution in [0.3, 0.4) is 0 Å². The average molecular weight is 506 g/mol. The van der Waals surface area contributed by atoms with Gasteiger partial charge in [-0.3, -0.25) is 14.9 Å². The molecule has 0 unspecified atom stereocenters. The minimum absolute atomic E-state index is 0.0411. The van der Waals surface area contributed by atoms with Crippen molar-refractivity contribution in [1.82, 2.24) is 0 Å². The molecular formula is C24H12BrNO7. The van der Waals surface area contributed by atoms with Crippen LogP contribution in [0.25, 0.3) is 17.0 Å². The van der Waals surface area contributed by atoms with Gasteiger partial charge in [0.15, 0.2) is 5.76 Å². The van der Waals surface area contributed by atoms with E-state index < -0.39 is 10.9 Å². The number of ether oxygens (including phenoxy) is 2. The zero-order valence-corrected chi connectivity index (χ0v) is 18.2. The number of allylic oxidation sites excluding steroid dienone is 1. The van der Waals surface area contributed by atoms with Crippen molar-refractivity contribution in [2.24, 2.45) is 0 Å². The summed E-state index contributed by atoms with van der Waals surface area (Å²) >= 11 is 3.37. The molecule has 0 bridgehead atoms. The van der Waals surface area contributed by atoms with Crippen molar-refractivity contribution >= 4 is 50.4 Å². The van der Waals surface area contributed by atoms with E-state index in [0.717, 1.165) is 9.86 Å². The van der Waals surface area contributed by atoms with Gasteiger partial charge in [-0.1, -0.05) is 15.9 Å². The summed E-state index contributed by atoms with van der Waals surface area (Å²) in [6, 6.07) is 17.1. The lowest BCUT2D eigenvalue weighted by Gasteiger charge is -2.04. The van der Waals surface area contributed by atoms with E-state index in [2.05, 4.69) is 15.9 Å². The molecule has 33 heavy (non-hydrogen) atoms. The summed E-state index contributed by atoms with van der Waals surface area (Å²) < 4.78 is 17.4. The highest BCUT2D eigenvalue weighted by molar-refractivity contribution is 9.10. The number of fused-ring (bicyclic) bond motifs is 2. The summed E-state index contributed by atoms with van der Waals surface area (Å²) in [5.74, 6) is -0.501. The van der Waals surface area contributed by atoms with E-state index >= 15 is 0 Å². The van der Waals surface area contributed by atoms with Crippen LogP contribution in [0.1, 0.15) is 26.5 Å². The van der Waals surface area contributed by atoms with Crippen molar-refractivity contribution < 1.29 is 28.4 Å². The minimum atomic E-state index is -0.687. The highest BCUT2D eigenvalue weighted by Gasteiger charge is 2.28. The van der Waals surface area contributed by atoms with Crippen LogP contribution in [0.15, 0.2) is 81.4 Å². The Morgan fingerprint density at radius 3 is 2.58 bits per heavy atom. The van der Waals surface area contributed by atoms with E-state index in [0.29, 0.717) is 16.7 Å². The zero-order chi connectivity index (χ0) is 23.1. The predicted octanol–water partition coefficient (Wildman–Crippen LogP) is 5.94. The number of esters is 1. The van der Waals surface area contributed by atoms with E-state index in [4.69, 9.17) is 13.9 Å². The number of ketones is 1. The number of benzene rings is 3. The first-order chi connectivity index (χ1) is 15.9. The molecule has 3 aromatic carbocycles. The van der Waals surface area contributed by atoms with Crippen molar-refractivity contribution in [2.45, 2.75) is 0 Å². The number of carbonyl (C=O) groups excluding carboxylic acids is 2. The van der Waals surface area contributed by atoms with Crippen LogP contribution in [-0.4, -0.2) is 16.7 Å². The Balaban J connectivity index is 1.35. The molecule has 0 spiro atoms. The first-order valence-electron chi connectivity index (χ1n) is 9.61. The quantitative estimate of drug-likeness (QED) is 0.111. The van der Waals surface area contributed by atoms with E-state index in [1.54, 1.807) is 18.2 Å². The SMILES string of the molecule is O=C(Oc1ccc2c(c1)O/C(=C\c1ccc([N+](=O)[O-])cc1)C2=O)c1cc2cc(Br)ccc2o1. The second-order valence-electron chi connectivity index (χ2n) is 7.13. The maximum atomic E-state index is 12.6. The lowest BCUT2D eigenvalue weighted by molar-refractivity contribution is -0.384. The third kappa shape index (κ3) is 4.01. The van der Waals surface area contributed by atoms with Crippen LogP contribution in [0, 0.1) is 10.1 Å². The summed E-state index contributed by atoms with van der Waals surface area (Å²) in [6.45, 7) is 0. The Hall–Kier alpha value is -4.24. The van der Waals surface area contributed by atoms with Crippen LogP contribution in [0.4, 0.5) is 5.69 Å². The fourth-order valence-corrected chi connectivity index (χ4v) is 3.73. The number of furan rings is 1. The normalized spacial score (nSPS) is 13.7. The summed E-state index contributed by atoms with van der Waals surface area (Å²) in [5, 5.41) is 11.5. The van der Waals surface area contributed by atoms with Gasteiger partial charge in [0.1, 0.15) is 17.1 Å². The lowest BCUT2D eigenvalue weighted by atomic mass is 10.1. The Morgan fingerprint density at radius 2 is 1.82 bits per heavy atom. The van der Waals surface area contributed by atoms with E-state index in [1.807, 2.05) is 6.07 Å². The summed E-state index contributed by atoms with van der Waals surface area (Å²) in [4.78, 5) is 35.4. The zero-order valence-electron chi connectivity index (χ0n) is 16.6. The maximum Gasteiger partial charge on any atom is 0.379 e. The lowest BCUT2D eigenvalue weighted by Crippen LogP contribution is -2.07. The number of hydrogen-bond acceptors (Lipinski definition) is 7. The number of hydrogen-bond donors (Lipinski definition) is 0. The van der Waals surface area contributed by atoms with Crippen LogP contribution in [-0.2, 0) is 0 Å². The van der Waals surface area contributed by atoms with Gasteiger partial charge >= 0.3 is 5.97 Å². The highest BCUT2D eigenvalue weighted by Crippen LogP contribution is 2.35. The fraction of sp³-hybridized carbons (Fsp3) is 0. The molecule has 4 aromatic rings. The average Bonchev–Trinajstić information content (AvgIpc) is 3.35. The van der Waals surface area contributed by atoms with E-state index in [-0.39, 0.29) is 34.5 Å². The molecule has 1 aromatic heterocycles. The van der Waals surface area contributed by atoms with Gasteiger partial charge in [0.25, 0.3) is 5.69 Å². The van der Waals surface area contributed by atoms with Crippen molar-refractivity contribution in [3.05, 3.63) is 104 Å². The Morgan fingerprint density at radius 1 is 1.03 bits per heavy atom. The molecule has 162 valence electrons. The van der Waals surface area contributed by atoms with Gasteiger partial charge in [0.05, 0.1) is 10.5 Å². The fourth-order valence-electron chi connectivity index (χ4n) is 3.35. The highest BCUT2D eigenvalue weighted by atomic mass is 79.9. The Labute approximate surface area is 194 Å². The maximum absolute atomic E-state index is 12.6. The Kier molecular flexibility index (Phi) is 5.02. The number of nitrogens with zero attached hydrogens (tertiary/aromatic N) is 1. The number of Topliss-reactive ketones (excluding diaryl/α,β-unsaturated/α-hetero) is 1. The third-order valence-electron chi connectivity index (χ3n) is 4.93. The van der Waals surface area contributed by atoms with E-state index in [1.165, 1.54) is 48.5 Å². The van der Waals surface area contributed by atoms with Gasteiger partial charge < -0.3 is 13.9 Å². The number of non-ortho nitro benzene ring substituents is 1. The topological polar surface area (TPSA) is 109 Å². The standard InChI is InChI=1S/C24H12BrNO7/c25-15-3-8-19-14(10-15)11-22(32-19)24(28)31-17-6-7-18-20(12-17)33-21(23(18)27)9-13-1-4-16(5-2-13)26(29)30/h1-12H/b21-9-. The molecule has 0 fully saturated rings. The molecule has 0 saturated heterocycles. The summed E-state index contributed by atoms with van der Waals surface area (Å²) in [6.07, 6.45) is 1.49. The molecule has 1 aliphatic rings. The number of nitro groups is 1.